The standard InChI is InChI=1S/C23H25N5O4/c1-15(2)21-25-20(26-32-21)18-8-9-19(24-14-18)27-10-12-28(13-11-27)22(29)16-4-6-17(7-5-16)23(30)31-3/h4-9,14-15H,10-13H2,1-3H3. The zero-order chi connectivity index (χ0) is 22.7. The molecule has 9 nitrogen and oxygen atoms in total. The average molecular weight is 435 g/mol. The first-order chi connectivity index (χ1) is 15.5. The van der Waals surface area contributed by atoms with Gasteiger partial charge < -0.3 is 19.1 Å². The molecule has 4 rings (SSSR count). The van der Waals surface area contributed by atoms with Crippen molar-refractivity contribution in [3.05, 3.63) is 59.6 Å². The van der Waals surface area contributed by atoms with Gasteiger partial charge in [-0.05, 0) is 36.4 Å². The summed E-state index contributed by atoms with van der Waals surface area (Å²) < 4.78 is 9.95. The van der Waals surface area contributed by atoms with Crippen LogP contribution >= 0.6 is 0 Å². The maximum absolute atomic E-state index is 12.8. The Balaban J connectivity index is 1.36. The van der Waals surface area contributed by atoms with Crippen LogP contribution in [0.4, 0.5) is 5.82 Å². The van der Waals surface area contributed by atoms with Gasteiger partial charge in [-0.15, -0.1) is 0 Å². The van der Waals surface area contributed by atoms with Crippen LogP contribution in [0.5, 0.6) is 0 Å². The van der Waals surface area contributed by atoms with Gasteiger partial charge in [0.1, 0.15) is 5.82 Å². The fourth-order valence-corrected chi connectivity index (χ4v) is 3.48. The normalized spacial score (nSPS) is 14.0. The Bertz CT molecular complexity index is 1080. The van der Waals surface area contributed by atoms with E-state index in [9.17, 15) is 9.59 Å². The van der Waals surface area contributed by atoms with Gasteiger partial charge in [-0.25, -0.2) is 9.78 Å². The summed E-state index contributed by atoms with van der Waals surface area (Å²) in [5.74, 6) is 1.67. The number of carbonyl (C=O) groups excluding carboxylic acids is 2. The molecule has 0 N–H and O–H groups in total. The highest BCUT2D eigenvalue weighted by Crippen LogP contribution is 2.22. The van der Waals surface area contributed by atoms with Crippen molar-refractivity contribution in [2.45, 2.75) is 19.8 Å². The Morgan fingerprint density at radius 1 is 1.00 bits per heavy atom. The SMILES string of the molecule is COC(=O)c1ccc(C(=O)N2CCN(c3ccc(-c4noc(C(C)C)n4)cn3)CC2)cc1. The van der Waals surface area contributed by atoms with Gasteiger partial charge in [-0.2, -0.15) is 4.98 Å². The Hall–Kier alpha value is -3.75. The zero-order valence-electron chi connectivity index (χ0n) is 18.3. The minimum Gasteiger partial charge on any atom is -0.465 e. The summed E-state index contributed by atoms with van der Waals surface area (Å²) in [5, 5.41) is 4.02. The molecule has 0 unspecified atom stereocenters. The van der Waals surface area contributed by atoms with E-state index in [0.29, 0.717) is 49.0 Å². The fraction of sp³-hybridized carbons (Fsp3) is 0.348. The summed E-state index contributed by atoms with van der Waals surface area (Å²) in [4.78, 5) is 37.3. The molecular formula is C23H25N5O4. The highest BCUT2D eigenvalue weighted by Gasteiger charge is 2.23. The number of rotatable bonds is 5. The first kappa shape index (κ1) is 21.5. The number of benzene rings is 1. The summed E-state index contributed by atoms with van der Waals surface area (Å²) in [6, 6.07) is 10.4. The summed E-state index contributed by atoms with van der Waals surface area (Å²) in [5.41, 5.74) is 1.77. The van der Waals surface area contributed by atoms with Crippen LogP contribution in [0.15, 0.2) is 47.1 Å². The average Bonchev–Trinajstić information content (AvgIpc) is 3.34. The Morgan fingerprint density at radius 3 is 2.25 bits per heavy atom. The molecule has 0 bridgehead atoms. The summed E-state index contributed by atoms with van der Waals surface area (Å²) in [6.45, 7) is 6.53. The van der Waals surface area contributed by atoms with Crippen molar-refractivity contribution < 1.29 is 18.8 Å². The molecule has 0 saturated carbocycles. The third-order valence-electron chi connectivity index (χ3n) is 5.39. The molecule has 1 aliphatic rings. The maximum Gasteiger partial charge on any atom is 0.337 e. The van der Waals surface area contributed by atoms with Gasteiger partial charge >= 0.3 is 5.97 Å². The lowest BCUT2D eigenvalue weighted by Crippen LogP contribution is -2.49. The Kier molecular flexibility index (Phi) is 6.16. The molecular weight excluding hydrogens is 410 g/mol. The van der Waals surface area contributed by atoms with Gasteiger partial charge in [-0.1, -0.05) is 19.0 Å². The molecule has 3 aromatic rings. The van der Waals surface area contributed by atoms with Gasteiger partial charge in [0.05, 0.1) is 12.7 Å². The predicted octanol–water partition coefficient (Wildman–Crippen LogP) is 3.00. The van der Waals surface area contributed by atoms with E-state index in [2.05, 4.69) is 20.0 Å². The van der Waals surface area contributed by atoms with Crippen molar-refractivity contribution in [3.63, 3.8) is 0 Å². The number of amides is 1. The van der Waals surface area contributed by atoms with Crippen molar-refractivity contribution in [3.8, 4) is 11.4 Å². The lowest BCUT2D eigenvalue weighted by atomic mass is 10.1. The zero-order valence-corrected chi connectivity index (χ0v) is 18.3. The molecule has 0 radical (unpaired) electrons. The molecule has 1 saturated heterocycles. The molecule has 0 atom stereocenters. The van der Waals surface area contributed by atoms with Crippen molar-refractivity contribution in [1.29, 1.82) is 0 Å². The van der Waals surface area contributed by atoms with Gasteiger partial charge in [-0.3, -0.25) is 4.79 Å². The molecule has 166 valence electrons. The number of carbonyl (C=O) groups is 2. The second-order valence-corrected chi connectivity index (χ2v) is 7.86. The maximum atomic E-state index is 12.8. The number of esters is 1. The van der Waals surface area contributed by atoms with E-state index in [0.717, 1.165) is 11.4 Å². The third kappa shape index (κ3) is 4.46. The van der Waals surface area contributed by atoms with E-state index < -0.39 is 5.97 Å². The van der Waals surface area contributed by atoms with Gasteiger partial charge in [0, 0.05) is 49.4 Å². The first-order valence-electron chi connectivity index (χ1n) is 10.5. The molecule has 2 aromatic heterocycles. The van der Waals surface area contributed by atoms with E-state index >= 15 is 0 Å². The molecule has 1 aromatic carbocycles. The molecule has 1 fully saturated rings. The van der Waals surface area contributed by atoms with Crippen LogP contribution in [-0.4, -0.2) is 65.2 Å². The Morgan fingerprint density at radius 2 is 1.69 bits per heavy atom. The van der Waals surface area contributed by atoms with E-state index in [4.69, 9.17) is 9.26 Å². The lowest BCUT2D eigenvalue weighted by Gasteiger charge is -2.35. The number of ether oxygens (including phenoxy) is 1. The molecule has 9 heteroatoms. The van der Waals surface area contributed by atoms with Crippen molar-refractivity contribution in [2.75, 3.05) is 38.2 Å². The molecule has 1 aliphatic heterocycles. The minimum atomic E-state index is -0.421. The molecule has 1 amide bonds. The predicted molar refractivity (Wildman–Crippen MR) is 118 cm³/mol. The highest BCUT2D eigenvalue weighted by atomic mass is 16.5. The first-order valence-corrected chi connectivity index (χ1v) is 10.5. The van der Waals surface area contributed by atoms with Gasteiger partial charge in [0.25, 0.3) is 5.91 Å². The third-order valence-corrected chi connectivity index (χ3v) is 5.39. The van der Waals surface area contributed by atoms with Crippen LogP contribution in [0.3, 0.4) is 0 Å². The summed E-state index contributed by atoms with van der Waals surface area (Å²) >= 11 is 0. The van der Waals surface area contributed by atoms with Crippen LogP contribution in [0.2, 0.25) is 0 Å². The van der Waals surface area contributed by atoms with Crippen LogP contribution < -0.4 is 4.90 Å². The number of hydrogen-bond acceptors (Lipinski definition) is 8. The second-order valence-electron chi connectivity index (χ2n) is 7.86. The highest BCUT2D eigenvalue weighted by molar-refractivity contribution is 5.96. The van der Waals surface area contributed by atoms with Crippen molar-refractivity contribution >= 4 is 17.7 Å². The summed E-state index contributed by atoms with van der Waals surface area (Å²) in [7, 11) is 1.33. The fourth-order valence-electron chi connectivity index (χ4n) is 3.48. The number of anilines is 1. The monoisotopic (exact) mass is 435 g/mol. The van der Waals surface area contributed by atoms with Crippen LogP contribution in [-0.2, 0) is 4.74 Å². The van der Waals surface area contributed by atoms with E-state index in [-0.39, 0.29) is 11.8 Å². The van der Waals surface area contributed by atoms with E-state index in [1.807, 2.05) is 30.9 Å². The van der Waals surface area contributed by atoms with Crippen molar-refractivity contribution in [2.24, 2.45) is 0 Å². The van der Waals surface area contributed by atoms with Crippen molar-refractivity contribution in [1.82, 2.24) is 20.0 Å². The van der Waals surface area contributed by atoms with Crippen LogP contribution in [0, 0.1) is 0 Å². The minimum absolute atomic E-state index is 0.0533. The Labute approximate surface area is 186 Å². The largest absolute Gasteiger partial charge is 0.465 e. The van der Waals surface area contributed by atoms with Gasteiger partial charge in [0.2, 0.25) is 11.7 Å². The number of nitrogens with zero attached hydrogens (tertiary/aromatic N) is 5. The molecule has 3 heterocycles. The van der Waals surface area contributed by atoms with E-state index in [1.54, 1.807) is 30.5 Å². The lowest BCUT2D eigenvalue weighted by molar-refractivity contribution is 0.0599. The van der Waals surface area contributed by atoms with E-state index in [1.165, 1.54) is 7.11 Å². The smallest absolute Gasteiger partial charge is 0.337 e. The number of pyridine rings is 1. The molecule has 0 spiro atoms. The number of hydrogen-bond donors (Lipinski definition) is 0. The summed E-state index contributed by atoms with van der Waals surface area (Å²) in [6.07, 6.45) is 1.74. The number of aromatic nitrogens is 3. The molecule has 32 heavy (non-hydrogen) atoms. The van der Waals surface area contributed by atoms with Crippen LogP contribution in [0.25, 0.3) is 11.4 Å². The number of piperazine rings is 1. The number of methoxy groups -OCH3 is 1. The van der Waals surface area contributed by atoms with Crippen LogP contribution in [0.1, 0.15) is 46.4 Å². The second kappa shape index (κ2) is 9.17. The van der Waals surface area contributed by atoms with Gasteiger partial charge in [0.15, 0.2) is 0 Å². The molecule has 0 aliphatic carbocycles. The quantitative estimate of drug-likeness (QED) is 0.564. The topological polar surface area (TPSA) is 102 Å².